The third kappa shape index (κ3) is 3.88. The summed E-state index contributed by atoms with van der Waals surface area (Å²) >= 11 is 1.72. The van der Waals surface area contributed by atoms with Gasteiger partial charge >= 0.3 is 0 Å². The summed E-state index contributed by atoms with van der Waals surface area (Å²) in [7, 11) is 0. The summed E-state index contributed by atoms with van der Waals surface area (Å²) < 4.78 is 0. The first-order valence-corrected chi connectivity index (χ1v) is 7.60. The number of hydrogen-bond acceptors (Lipinski definition) is 3. The van der Waals surface area contributed by atoms with E-state index in [1.54, 1.807) is 11.8 Å². The van der Waals surface area contributed by atoms with Crippen molar-refractivity contribution in [1.29, 1.82) is 0 Å². The summed E-state index contributed by atoms with van der Waals surface area (Å²) in [5.74, 6) is 1.83. The number of carbonyl (C=O) groups is 1. The van der Waals surface area contributed by atoms with Gasteiger partial charge in [-0.15, -0.1) is 11.8 Å². The molecular formula is C13H25NO2S. The smallest absolute Gasteiger partial charge is 0.236 e. The SMILES string of the molecule is CCSC(C(=O)N1CCC(C)C(O)C1)C(C)C. The summed E-state index contributed by atoms with van der Waals surface area (Å²) in [5.41, 5.74) is 0. The largest absolute Gasteiger partial charge is 0.391 e. The molecule has 1 fully saturated rings. The Bertz CT molecular complexity index is 258. The van der Waals surface area contributed by atoms with Crippen LogP contribution in [0.15, 0.2) is 0 Å². The first-order chi connectivity index (χ1) is 7.97. The van der Waals surface area contributed by atoms with Gasteiger partial charge in [0.1, 0.15) is 0 Å². The van der Waals surface area contributed by atoms with Crippen LogP contribution in [0.2, 0.25) is 0 Å². The number of piperidine rings is 1. The maximum atomic E-state index is 12.4. The normalized spacial score (nSPS) is 27.3. The van der Waals surface area contributed by atoms with Crippen molar-refractivity contribution in [1.82, 2.24) is 4.90 Å². The number of carbonyl (C=O) groups excluding carboxylic acids is 1. The van der Waals surface area contributed by atoms with Crippen molar-refractivity contribution in [3.8, 4) is 0 Å². The average Bonchev–Trinajstić information content (AvgIpc) is 2.28. The predicted octanol–water partition coefficient (Wildman–Crippen LogP) is 1.99. The fraction of sp³-hybridized carbons (Fsp3) is 0.923. The molecule has 4 heteroatoms. The van der Waals surface area contributed by atoms with Gasteiger partial charge in [-0.25, -0.2) is 0 Å². The van der Waals surface area contributed by atoms with Gasteiger partial charge in [-0.05, 0) is 24.0 Å². The number of β-amino-alcohol motifs (C(OH)–C–C–N with tert-alkyl or cyclic N) is 1. The van der Waals surface area contributed by atoms with E-state index in [0.29, 0.717) is 18.4 Å². The van der Waals surface area contributed by atoms with Crippen LogP contribution in [0, 0.1) is 11.8 Å². The van der Waals surface area contributed by atoms with E-state index in [-0.39, 0.29) is 17.3 Å². The zero-order valence-corrected chi connectivity index (χ0v) is 12.2. The van der Waals surface area contributed by atoms with E-state index in [9.17, 15) is 9.90 Å². The van der Waals surface area contributed by atoms with Gasteiger partial charge in [0.2, 0.25) is 5.91 Å². The number of thioether (sulfide) groups is 1. The molecule has 17 heavy (non-hydrogen) atoms. The van der Waals surface area contributed by atoms with Crippen molar-refractivity contribution in [3.63, 3.8) is 0 Å². The highest BCUT2D eigenvalue weighted by Gasteiger charge is 2.32. The van der Waals surface area contributed by atoms with E-state index in [4.69, 9.17) is 0 Å². The highest BCUT2D eigenvalue weighted by atomic mass is 32.2. The van der Waals surface area contributed by atoms with Crippen molar-refractivity contribution in [2.45, 2.75) is 45.5 Å². The van der Waals surface area contributed by atoms with Crippen molar-refractivity contribution < 1.29 is 9.90 Å². The molecule has 0 aromatic rings. The van der Waals surface area contributed by atoms with Crippen molar-refractivity contribution in [2.75, 3.05) is 18.8 Å². The number of rotatable bonds is 4. The molecule has 3 nitrogen and oxygen atoms in total. The molecule has 1 aliphatic heterocycles. The average molecular weight is 259 g/mol. The zero-order valence-electron chi connectivity index (χ0n) is 11.3. The second-order valence-electron chi connectivity index (χ2n) is 5.24. The number of hydrogen-bond donors (Lipinski definition) is 1. The molecule has 1 amide bonds. The van der Waals surface area contributed by atoms with Gasteiger partial charge in [-0.1, -0.05) is 27.7 Å². The number of aliphatic hydroxyl groups is 1. The fourth-order valence-corrected chi connectivity index (χ4v) is 3.19. The van der Waals surface area contributed by atoms with Gasteiger partial charge in [-0.3, -0.25) is 4.79 Å². The van der Waals surface area contributed by atoms with Crippen molar-refractivity contribution in [2.24, 2.45) is 11.8 Å². The first-order valence-electron chi connectivity index (χ1n) is 6.55. The molecule has 0 bridgehead atoms. The Hall–Kier alpha value is -0.220. The van der Waals surface area contributed by atoms with Crippen molar-refractivity contribution in [3.05, 3.63) is 0 Å². The van der Waals surface area contributed by atoms with E-state index in [1.165, 1.54) is 0 Å². The molecule has 3 unspecified atom stereocenters. The molecule has 0 saturated carbocycles. The van der Waals surface area contributed by atoms with Crippen LogP contribution in [0.25, 0.3) is 0 Å². The summed E-state index contributed by atoms with van der Waals surface area (Å²) in [6, 6.07) is 0. The summed E-state index contributed by atoms with van der Waals surface area (Å²) in [4.78, 5) is 14.2. The maximum Gasteiger partial charge on any atom is 0.236 e. The lowest BCUT2D eigenvalue weighted by Gasteiger charge is -2.36. The van der Waals surface area contributed by atoms with E-state index in [0.717, 1.165) is 18.7 Å². The molecule has 1 aliphatic rings. The maximum absolute atomic E-state index is 12.4. The monoisotopic (exact) mass is 259 g/mol. The quantitative estimate of drug-likeness (QED) is 0.839. The highest BCUT2D eigenvalue weighted by molar-refractivity contribution is 8.00. The summed E-state index contributed by atoms with van der Waals surface area (Å²) in [6.07, 6.45) is 0.557. The molecule has 0 aromatic carbocycles. The van der Waals surface area contributed by atoms with Crippen LogP contribution in [-0.4, -0.2) is 46.1 Å². The summed E-state index contributed by atoms with van der Waals surface area (Å²) in [5, 5.41) is 9.89. The van der Waals surface area contributed by atoms with E-state index in [2.05, 4.69) is 20.8 Å². The second-order valence-corrected chi connectivity index (χ2v) is 6.66. The molecule has 1 N–H and O–H groups in total. The fourth-order valence-electron chi connectivity index (χ4n) is 2.16. The molecule has 0 aromatic heterocycles. The Morgan fingerprint density at radius 1 is 1.53 bits per heavy atom. The third-order valence-electron chi connectivity index (χ3n) is 3.43. The third-order valence-corrected chi connectivity index (χ3v) is 4.86. The van der Waals surface area contributed by atoms with Gasteiger partial charge in [-0.2, -0.15) is 0 Å². The Kier molecular flexibility index (Phi) is 5.80. The Morgan fingerprint density at radius 2 is 2.18 bits per heavy atom. The number of nitrogens with zero attached hydrogens (tertiary/aromatic N) is 1. The van der Waals surface area contributed by atoms with E-state index in [1.807, 2.05) is 11.8 Å². The lowest BCUT2D eigenvalue weighted by Crippen LogP contribution is -2.49. The topological polar surface area (TPSA) is 40.5 Å². The molecule has 3 atom stereocenters. The number of likely N-dealkylation sites (tertiary alicyclic amines) is 1. The Morgan fingerprint density at radius 3 is 2.65 bits per heavy atom. The van der Waals surface area contributed by atoms with Crippen LogP contribution in [0.4, 0.5) is 0 Å². The number of amides is 1. The van der Waals surface area contributed by atoms with Crippen molar-refractivity contribution >= 4 is 17.7 Å². The van der Waals surface area contributed by atoms with Crippen LogP contribution in [-0.2, 0) is 4.79 Å². The number of aliphatic hydroxyl groups excluding tert-OH is 1. The van der Waals surface area contributed by atoms with Crippen LogP contribution in [0.3, 0.4) is 0 Å². The molecule has 1 heterocycles. The molecule has 1 saturated heterocycles. The van der Waals surface area contributed by atoms with Gasteiger partial charge in [0.25, 0.3) is 0 Å². The Balaban J connectivity index is 2.61. The van der Waals surface area contributed by atoms with Crippen LogP contribution in [0.1, 0.15) is 34.1 Å². The van der Waals surface area contributed by atoms with Crippen LogP contribution < -0.4 is 0 Å². The molecular weight excluding hydrogens is 234 g/mol. The Labute approximate surface area is 109 Å². The van der Waals surface area contributed by atoms with Crippen LogP contribution in [0.5, 0.6) is 0 Å². The van der Waals surface area contributed by atoms with Gasteiger partial charge in [0, 0.05) is 13.1 Å². The lowest BCUT2D eigenvalue weighted by atomic mass is 9.95. The van der Waals surface area contributed by atoms with E-state index >= 15 is 0 Å². The zero-order chi connectivity index (χ0) is 13.0. The lowest BCUT2D eigenvalue weighted by molar-refractivity contribution is -0.135. The molecule has 100 valence electrons. The minimum absolute atomic E-state index is 0.0422. The predicted molar refractivity (Wildman–Crippen MR) is 73.1 cm³/mol. The van der Waals surface area contributed by atoms with Crippen LogP contribution >= 0.6 is 11.8 Å². The minimum Gasteiger partial charge on any atom is -0.391 e. The summed E-state index contributed by atoms with van der Waals surface area (Å²) in [6.45, 7) is 9.62. The standard InChI is InChI=1S/C13H25NO2S/c1-5-17-12(9(2)3)13(16)14-7-6-10(4)11(15)8-14/h9-12,15H,5-8H2,1-4H3. The molecule has 0 spiro atoms. The van der Waals surface area contributed by atoms with Gasteiger partial charge < -0.3 is 10.0 Å². The highest BCUT2D eigenvalue weighted by Crippen LogP contribution is 2.25. The first kappa shape index (κ1) is 14.8. The second kappa shape index (κ2) is 6.64. The molecule has 1 rings (SSSR count). The molecule has 0 radical (unpaired) electrons. The van der Waals surface area contributed by atoms with Gasteiger partial charge in [0.05, 0.1) is 11.4 Å². The van der Waals surface area contributed by atoms with Gasteiger partial charge in [0.15, 0.2) is 0 Å². The van der Waals surface area contributed by atoms with E-state index < -0.39 is 0 Å². The minimum atomic E-state index is -0.355. The molecule has 0 aliphatic carbocycles.